The highest BCUT2D eigenvalue weighted by molar-refractivity contribution is 6.17. The highest BCUT2D eigenvalue weighted by Gasteiger charge is 2.17. The van der Waals surface area contributed by atoms with E-state index in [1.165, 1.54) is 60.3 Å². The zero-order valence-corrected chi connectivity index (χ0v) is 27.6. The highest BCUT2D eigenvalue weighted by atomic mass is 16.3. The van der Waals surface area contributed by atoms with Crippen LogP contribution in [0, 0.1) is 0 Å². The minimum atomic E-state index is 0.908. The minimum Gasteiger partial charge on any atom is -0.456 e. The van der Waals surface area contributed by atoms with Crippen molar-refractivity contribution in [3.05, 3.63) is 182 Å². The standard InChI is InChI=1S/C48H30N2O/c1-5-13-43-37(9-1)38-10-2-6-14-44(38)49(43)35-25-21-33(22-26-35)31-17-19-32(20-18-31)34-23-27-36(28-24-34)50-45-15-7-3-11-39(45)41-29-42-40-12-4-8-16-47(40)51-48(42)30-46(41)50/h1-30H. The first kappa shape index (κ1) is 28.0. The van der Waals surface area contributed by atoms with Crippen molar-refractivity contribution in [1.82, 2.24) is 9.13 Å². The molecule has 0 radical (unpaired) electrons. The smallest absolute Gasteiger partial charge is 0.137 e. The van der Waals surface area contributed by atoms with Crippen molar-refractivity contribution in [1.29, 1.82) is 0 Å². The van der Waals surface area contributed by atoms with Gasteiger partial charge in [0.2, 0.25) is 0 Å². The predicted octanol–water partition coefficient (Wildman–Crippen LogP) is 13.1. The second-order valence-electron chi connectivity index (χ2n) is 13.4. The van der Waals surface area contributed by atoms with Crippen LogP contribution >= 0.6 is 0 Å². The summed E-state index contributed by atoms with van der Waals surface area (Å²) in [5.74, 6) is 0. The molecule has 0 aliphatic heterocycles. The molecule has 3 nitrogen and oxygen atoms in total. The fourth-order valence-corrected chi connectivity index (χ4v) is 8.13. The van der Waals surface area contributed by atoms with Gasteiger partial charge in [-0.25, -0.2) is 0 Å². The molecular formula is C48H30N2O. The Labute approximate surface area is 293 Å². The molecule has 0 fully saturated rings. The first-order valence-electron chi connectivity index (χ1n) is 17.4. The molecule has 8 aromatic carbocycles. The molecule has 238 valence electrons. The summed E-state index contributed by atoms with van der Waals surface area (Å²) in [5, 5.41) is 7.33. The number of fused-ring (bicyclic) bond motifs is 9. The maximum absolute atomic E-state index is 6.30. The summed E-state index contributed by atoms with van der Waals surface area (Å²) >= 11 is 0. The van der Waals surface area contributed by atoms with Crippen molar-refractivity contribution in [3.8, 4) is 33.6 Å². The topological polar surface area (TPSA) is 23.0 Å². The number of hydrogen-bond donors (Lipinski definition) is 0. The maximum Gasteiger partial charge on any atom is 0.137 e. The maximum atomic E-state index is 6.30. The summed E-state index contributed by atoms with van der Waals surface area (Å²) in [6.07, 6.45) is 0. The lowest BCUT2D eigenvalue weighted by molar-refractivity contribution is 0.669. The summed E-state index contributed by atoms with van der Waals surface area (Å²) in [6.45, 7) is 0. The Balaban J connectivity index is 0.922. The van der Waals surface area contributed by atoms with Crippen LogP contribution in [0.5, 0.6) is 0 Å². The van der Waals surface area contributed by atoms with Crippen molar-refractivity contribution in [2.75, 3.05) is 0 Å². The van der Waals surface area contributed by atoms with Crippen molar-refractivity contribution < 1.29 is 4.42 Å². The van der Waals surface area contributed by atoms with E-state index >= 15 is 0 Å². The summed E-state index contributed by atoms with van der Waals surface area (Å²) in [7, 11) is 0. The Bertz CT molecular complexity index is 3050. The summed E-state index contributed by atoms with van der Waals surface area (Å²) in [4.78, 5) is 0. The Morgan fingerprint density at radius 1 is 0.275 bits per heavy atom. The van der Waals surface area contributed by atoms with Crippen molar-refractivity contribution in [2.45, 2.75) is 0 Å². The van der Waals surface area contributed by atoms with Gasteiger partial charge in [0.15, 0.2) is 0 Å². The molecule has 3 heteroatoms. The molecule has 0 saturated carbocycles. The molecule has 0 aliphatic carbocycles. The molecular weight excluding hydrogens is 621 g/mol. The van der Waals surface area contributed by atoms with E-state index in [-0.39, 0.29) is 0 Å². The van der Waals surface area contributed by atoms with Gasteiger partial charge in [0, 0.05) is 49.8 Å². The molecule has 51 heavy (non-hydrogen) atoms. The number of nitrogens with zero attached hydrogens (tertiary/aromatic N) is 2. The molecule has 0 N–H and O–H groups in total. The van der Waals surface area contributed by atoms with Gasteiger partial charge in [0.05, 0.1) is 22.1 Å². The average Bonchev–Trinajstić information content (AvgIpc) is 3.84. The Kier molecular flexibility index (Phi) is 5.96. The molecule has 0 bridgehead atoms. The second-order valence-corrected chi connectivity index (χ2v) is 13.4. The molecule has 11 rings (SSSR count). The van der Waals surface area contributed by atoms with Crippen LogP contribution in [0.4, 0.5) is 0 Å². The lowest BCUT2D eigenvalue weighted by Gasteiger charge is -2.11. The number of hydrogen-bond acceptors (Lipinski definition) is 1. The molecule has 3 heterocycles. The van der Waals surface area contributed by atoms with E-state index in [1.807, 2.05) is 12.1 Å². The Morgan fingerprint density at radius 3 is 1.18 bits per heavy atom. The van der Waals surface area contributed by atoms with E-state index in [9.17, 15) is 0 Å². The fraction of sp³-hybridized carbons (Fsp3) is 0. The third kappa shape index (κ3) is 4.25. The first-order chi connectivity index (χ1) is 25.3. The van der Waals surface area contributed by atoms with Crippen molar-refractivity contribution in [2.24, 2.45) is 0 Å². The lowest BCUT2D eigenvalue weighted by atomic mass is 10.00. The monoisotopic (exact) mass is 650 g/mol. The van der Waals surface area contributed by atoms with Gasteiger partial charge in [-0.05, 0) is 76.9 Å². The van der Waals surface area contributed by atoms with Crippen LogP contribution < -0.4 is 0 Å². The molecule has 0 aliphatic rings. The minimum absolute atomic E-state index is 0.908. The van der Waals surface area contributed by atoms with Gasteiger partial charge in [0.1, 0.15) is 11.2 Å². The molecule has 11 aromatic rings. The van der Waals surface area contributed by atoms with Gasteiger partial charge in [-0.15, -0.1) is 0 Å². The van der Waals surface area contributed by atoms with Gasteiger partial charge in [-0.1, -0.05) is 121 Å². The zero-order valence-electron chi connectivity index (χ0n) is 27.6. The molecule has 0 spiro atoms. The fourth-order valence-electron chi connectivity index (χ4n) is 8.13. The van der Waals surface area contributed by atoms with Crippen LogP contribution in [0.15, 0.2) is 186 Å². The van der Waals surface area contributed by atoms with Gasteiger partial charge in [0.25, 0.3) is 0 Å². The number of aromatic nitrogens is 2. The molecule has 0 amide bonds. The number of benzene rings is 8. The second kappa shape index (κ2) is 10.8. The van der Waals surface area contributed by atoms with Crippen LogP contribution in [-0.2, 0) is 0 Å². The molecule has 0 saturated heterocycles. The van der Waals surface area contributed by atoms with E-state index in [0.29, 0.717) is 0 Å². The van der Waals surface area contributed by atoms with Crippen molar-refractivity contribution >= 4 is 65.6 Å². The number of rotatable bonds is 4. The van der Waals surface area contributed by atoms with Crippen molar-refractivity contribution in [3.63, 3.8) is 0 Å². The lowest BCUT2D eigenvalue weighted by Crippen LogP contribution is -1.94. The van der Waals surface area contributed by atoms with Gasteiger partial charge < -0.3 is 13.6 Å². The van der Waals surface area contributed by atoms with Crippen LogP contribution in [0.2, 0.25) is 0 Å². The number of para-hydroxylation sites is 4. The molecule has 0 unspecified atom stereocenters. The SMILES string of the molecule is c1ccc2c(c1)oc1cc3c(cc12)c1ccccc1n3-c1ccc(-c2ccc(-c3ccc(-n4c5ccccc5c5ccccc54)cc3)cc2)cc1. The predicted molar refractivity (Wildman–Crippen MR) is 213 cm³/mol. The summed E-state index contributed by atoms with van der Waals surface area (Å²) in [6, 6.07) is 65.5. The number of furan rings is 1. The van der Waals surface area contributed by atoms with Gasteiger partial charge >= 0.3 is 0 Å². The summed E-state index contributed by atoms with van der Waals surface area (Å²) in [5.41, 5.74) is 13.7. The largest absolute Gasteiger partial charge is 0.456 e. The Hall–Kier alpha value is -6.84. The van der Waals surface area contributed by atoms with Crippen LogP contribution in [0.25, 0.3) is 99.2 Å². The third-order valence-electron chi connectivity index (χ3n) is 10.6. The highest BCUT2D eigenvalue weighted by Crippen LogP contribution is 2.39. The molecule has 3 aromatic heterocycles. The van der Waals surface area contributed by atoms with E-state index in [4.69, 9.17) is 4.42 Å². The van der Waals surface area contributed by atoms with E-state index in [0.717, 1.165) is 38.8 Å². The quantitative estimate of drug-likeness (QED) is 0.186. The third-order valence-corrected chi connectivity index (χ3v) is 10.6. The summed E-state index contributed by atoms with van der Waals surface area (Å²) < 4.78 is 11.0. The van der Waals surface area contributed by atoms with Gasteiger partial charge in [-0.2, -0.15) is 0 Å². The van der Waals surface area contributed by atoms with E-state index in [2.05, 4.69) is 179 Å². The first-order valence-corrected chi connectivity index (χ1v) is 17.4. The van der Waals surface area contributed by atoms with E-state index < -0.39 is 0 Å². The van der Waals surface area contributed by atoms with Crippen LogP contribution in [0.1, 0.15) is 0 Å². The van der Waals surface area contributed by atoms with E-state index in [1.54, 1.807) is 0 Å². The Morgan fingerprint density at radius 2 is 0.667 bits per heavy atom. The van der Waals surface area contributed by atoms with Crippen LogP contribution in [0.3, 0.4) is 0 Å². The van der Waals surface area contributed by atoms with Gasteiger partial charge in [-0.3, -0.25) is 0 Å². The zero-order chi connectivity index (χ0) is 33.5. The van der Waals surface area contributed by atoms with Crippen LogP contribution in [-0.4, -0.2) is 9.13 Å². The average molecular weight is 651 g/mol. The normalized spacial score (nSPS) is 11.9. The molecule has 0 atom stereocenters.